The van der Waals surface area contributed by atoms with Crippen LogP contribution in [-0.4, -0.2) is 31.7 Å². The molecule has 1 aromatic heterocycles. The van der Waals surface area contributed by atoms with Gasteiger partial charge in [-0.15, -0.1) is 0 Å². The molecule has 0 aliphatic heterocycles. The number of methoxy groups -OCH3 is 1. The van der Waals surface area contributed by atoms with Crippen LogP contribution >= 0.6 is 0 Å². The van der Waals surface area contributed by atoms with E-state index >= 15 is 0 Å². The fraction of sp³-hybridized carbons (Fsp3) is 0.389. The van der Waals surface area contributed by atoms with Gasteiger partial charge in [-0.2, -0.15) is 0 Å². The van der Waals surface area contributed by atoms with Gasteiger partial charge in [0, 0.05) is 12.3 Å². The zero-order valence-corrected chi connectivity index (χ0v) is 15.0. The summed E-state index contributed by atoms with van der Waals surface area (Å²) in [5.74, 6) is 0.502. The highest BCUT2D eigenvalue weighted by molar-refractivity contribution is 7.89. The molecule has 1 unspecified atom stereocenters. The Hall–Kier alpha value is -1.96. The van der Waals surface area contributed by atoms with Crippen LogP contribution in [0.5, 0.6) is 5.88 Å². The summed E-state index contributed by atoms with van der Waals surface area (Å²) in [5.41, 5.74) is 1.45. The Bertz CT molecular complexity index is 830. The van der Waals surface area contributed by atoms with Gasteiger partial charge in [0.05, 0.1) is 24.2 Å². The first-order valence-corrected chi connectivity index (χ1v) is 9.65. The molecule has 1 fully saturated rings. The second-order valence-corrected chi connectivity index (χ2v) is 8.07. The first-order chi connectivity index (χ1) is 11.9. The molecular weight excluding hydrogens is 340 g/mol. The van der Waals surface area contributed by atoms with Crippen LogP contribution in [-0.2, 0) is 10.0 Å². The van der Waals surface area contributed by atoms with Gasteiger partial charge in [0.2, 0.25) is 15.9 Å². The van der Waals surface area contributed by atoms with Crippen LogP contribution in [0, 0.1) is 12.8 Å². The Morgan fingerprint density at radius 3 is 2.52 bits per heavy atom. The molecule has 1 aromatic carbocycles. The Morgan fingerprint density at radius 1 is 1.24 bits per heavy atom. The quantitative estimate of drug-likeness (QED) is 0.822. The highest BCUT2D eigenvalue weighted by Gasteiger charge is 2.37. The number of nitrogens with zero attached hydrogens (tertiary/aromatic N) is 1. The minimum absolute atomic E-state index is 0.0315. The summed E-state index contributed by atoms with van der Waals surface area (Å²) in [5, 5.41) is 9.64. The monoisotopic (exact) mass is 362 g/mol. The molecule has 1 saturated carbocycles. The number of aliphatic hydroxyl groups is 1. The van der Waals surface area contributed by atoms with Crippen molar-refractivity contribution in [3.63, 3.8) is 0 Å². The molecule has 25 heavy (non-hydrogen) atoms. The molecule has 0 saturated heterocycles. The molecule has 0 amide bonds. The molecule has 2 aromatic rings. The number of benzene rings is 1. The summed E-state index contributed by atoms with van der Waals surface area (Å²) in [7, 11) is -2.15. The molecule has 3 rings (SSSR count). The first-order valence-electron chi connectivity index (χ1n) is 8.16. The van der Waals surface area contributed by atoms with E-state index in [2.05, 4.69) is 9.71 Å². The van der Waals surface area contributed by atoms with Crippen molar-refractivity contribution < 1.29 is 18.3 Å². The smallest absolute Gasteiger partial charge is 0.241 e. The van der Waals surface area contributed by atoms with Crippen molar-refractivity contribution in [2.45, 2.75) is 36.8 Å². The largest absolute Gasteiger partial charge is 0.481 e. The summed E-state index contributed by atoms with van der Waals surface area (Å²) < 4.78 is 33.6. The molecule has 2 N–H and O–H groups in total. The molecule has 0 spiro atoms. The first kappa shape index (κ1) is 17.8. The number of rotatable bonds is 6. The number of sulfonamides is 1. The molecule has 134 valence electrons. The van der Waals surface area contributed by atoms with Crippen LogP contribution in [0.3, 0.4) is 0 Å². The number of hydrogen-bond donors (Lipinski definition) is 2. The number of aromatic nitrogens is 1. The van der Waals surface area contributed by atoms with E-state index < -0.39 is 16.1 Å². The lowest BCUT2D eigenvalue weighted by atomic mass is 9.76. The van der Waals surface area contributed by atoms with Crippen molar-refractivity contribution >= 4 is 10.0 Å². The molecule has 1 heterocycles. The highest BCUT2D eigenvalue weighted by atomic mass is 32.2. The molecule has 0 bridgehead atoms. The molecule has 1 atom stereocenters. The van der Waals surface area contributed by atoms with Gasteiger partial charge in [0.25, 0.3) is 0 Å². The zero-order valence-electron chi connectivity index (χ0n) is 14.2. The van der Waals surface area contributed by atoms with Crippen molar-refractivity contribution in [3.05, 3.63) is 53.7 Å². The van der Waals surface area contributed by atoms with Gasteiger partial charge in [0.15, 0.2) is 0 Å². The van der Waals surface area contributed by atoms with E-state index in [1.807, 2.05) is 12.1 Å². The third kappa shape index (κ3) is 3.84. The van der Waals surface area contributed by atoms with Crippen molar-refractivity contribution in [3.8, 4) is 5.88 Å². The van der Waals surface area contributed by atoms with E-state index in [4.69, 9.17) is 4.74 Å². The molecule has 0 radical (unpaired) electrons. The van der Waals surface area contributed by atoms with Crippen LogP contribution in [0.25, 0.3) is 0 Å². The topological polar surface area (TPSA) is 88.5 Å². The van der Waals surface area contributed by atoms with Crippen LogP contribution < -0.4 is 9.46 Å². The van der Waals surface area contributed by atoms with Gasteiger partial charge in [-0.3, -0.25) is 0 Å². The summed E-state index contributed by atoms with van der Waals surface area (Å²) >= 11 is 0. The molecular formula is C18H22N2O4S. The van der Waals surface area contributed by atoms with E-state index in [1.165, 1.54) is 7.11 Å². The second kappa shape index (κ2) is 7.11. The molecule has 6 nitrogen and oxygen atoms in total. The number of aryl methyl sites for hydroxylation is 1. The van der Waals surface area contributed by atoms with Crippen LogP contribution in [0.2, 0.25) is 0 Å². The third-order valence-corrected chi connectivity index (χ3v) is 6.22. The van der Waals surface area contributed by atoms with E-state index in [1.54, 1.807) is 37.4 Å². The number of aliphatic hydroxyl groups excluding tert-OH is 1. The lowest BCUT2D eigenvalue weighted by Gasteiger charge is -2.38. The highest BCUT2D eigenvalue weighted by Crippen LogP contribution is 2.39. The third-order valence-electron chi connectivity index (χ3n) is 4.61. The summed E-state index contributed by atoms with van der Waals surface area (Å²) in [6, 6.07) is 9.95. The zero-order chi connectivity index (χ0) is 18.0. The lowest BCUT2D eigenvalue weighted by molar-refractivity contribution is 0.0279. The van der Waals surface area contributed by atoms with E-state index in [9.17, 15) is 13.5 Å². The Kier molecular flexibility index (Phi) is 5.08. The molecule has 7 heteroatoms. The average Bonchev–Trinajstić information content (AvgIpc) is 2.57. The van der Waals surface area contributed by atoms with Gasteiger partial charge >= 0.3 is 0 Å². The lowest BCUT2D eigenvalue weighted by Crippen LogP contribution is -2.41. The SMILES string of the molecule is COc1ccc(C(NS(=O)(=O)c2ccccc2C)C2CC(O)C2)cn1. The standard InChI is InChI=1S/C18H22N2O4S/c1-12-5-3-4-6-16(12)25(22,23)20-18(14-9-15(21)10-14)13-7-8-17(24-2)19-11-13/h3-8,11,14-15,18,20-21H,9-10H2,1-2H3. The Labute approximate surface area is 147 Å². The van der Waals surface area contributed by atoms with Crippen molar-refractivity contribution in [2.75, 3.05) is 7.11 Å². The van der Waals surface area contributed by atoms with Crippen LogP contribution in [0.15, 0.2) is 47.5 Å². The fourth-order valence-corrected chi connectivity index (χ4v) is 4.66. The fourth-order valence-electron chi connectivity index (χ4n) is 3.12. The number of pyridine rings is 1. The van der Waals surface area contributed by atoms with Crippen molar-refractivity contribution in [1.82, 2.24) is 9.71 Å². The van der Waals surface area contributed by atoms with Crippen molar-refractivity contribution in [2.24, 2.45) is 5.92 Å². The number of ether oxygens (including phenoxy) is 1. The Morgan fingerprint density at radius 2 is 1.96 bits per heavy atom. The minimum Gasteiger partial charge on any atom is -0.481 e. The van der Waals surface area contributed by atoms with Gasteiger partial charge < -0.3 is 9.84 Å². The maximum Gasteiger partial charge on any atom is 0.241 e. The van der Waals surface area contributed by atoms with Gasteiger partial charge in [-0.25, -0.2) is 18.1 Å². The minimum atomic E-state index is -3.68. The number of hydrogen-bond acceptors (Lipinski definition) is 5. The van der Waals surface area contributed by atoms with E-state index in [0.717, 1.165) is 5.56 Å². The number of nitrogens with one attached hydrogen (secondary N) is 1. The molecule has 1 aliphatic carbocycles. The normalized spacial score (nSPS) is 21.4. The summed E-state index contributed by atoms with van der Waals surface area (Å²) in [4.78, 5) is 4.44. The maximum atomic E-state index is 12.9. The van der Waals surface area contributed by atoms with E-state index in [-0.39, 0.29) is 16.9 Å². The Balaban J connectivity index is 1.91. The molecule has 1 aliphatic rings. The average molecular weight is 362 g/mol. The van der Waals surface area contributed by atoms with Crippen molar-refractivity contribution in [1.29, 1.82) is 0 Å². The van der Waals surface area contributed by atoms with Gasteiger partial charge in [0.1, 0.15) is 0 Å². The summed E-state index contributed by atoms with van der Waals surface area (Å²) in [6.45, 7) is 1.77. The second-order valence-electron chi connectivity index (χ2n) is 6.38. The maximum absolute atomic E-state index is 12.9. The van der Waals surface area contributed by atoms with Crippen LogP contribution in [0.4, 0.5) is 0 Å². The van der Waals surface area contributed by atoms with Gasteiger partial charge in [-0.05, 0) is 42.9 Å². The predicted molar refractivity (Wildman–Crippen MR) is 93.8 cm³/mol. The van der Waals surface area contributed by atoms with E-state index in [0.29, 0.717) is 24.3 Å². The van der Waals surface area contributed by atoms with Gasteiger partial charge in [-0.1, -0.05) is 24.3 Å². The summed E-state index contributed by atoms with van der Waals surface area (Å²) in [6.07, 6.45) is 2.37. The van der Waals surface area contributed by atoms with Crippen LogP contribution in [0.1, 0.15) is 30.0 Å². The predicted octanol–water partition coefficient (Wildman–Crippen LogP) is 2.19.